The number of hydrogen-bond acceptors (Lipinski definition) is 3. The Balaban J connectivity index is 2.42. The van der Waals surface area contributed by atoms with E-state index in [-0.39, 0.29) is 5.97 Å². The highest BCUT2D eigenvalue weighted by Gasteiger charge is 2.11. The molecule has 1 aromatic carbocycles. The second kappa shape index (κ2) is 6.02. The number of fused-ring (bicyclic) bond motifs is 1. The lowest BCUT2D eigenvalue weighted by Gasteiger charge is -2.00. The Hall–Kier alpha value is -1.61. The van der Waals surface area contributed by atoms with Crippen LogP contribution in [0.15, 0.2) is 30.3 Å². The van der Waals surface area contributed by atoms with Gasteiger partial charge in [0.2, 0.25) is 0 Å². The SMILES string of the molecule is CCC(C)/C=C/c1cccc2sc(C(=O)OC)cc12. The molecule has 0 aliphatic heterocycles. The summed E-state index contributed by atoms with van der Waals surface area (Å²) in [6.45, 7) is 4.37. The van der Waals surface area contributed by atoms with E-state index >= 15 is 0 Å². The molecule has 0 saturated carbocycles. The Morgan fingerprint density at radius 3 is 2.95 bits per heavy atom. The number of hydrogen-bond donors (Lipinski definition) is 0. The highest BCUT2D eigenvalue weighted by molar-refractivity contribution is 7.20. The molecule has 0 radical (unpaired) electrons. The minimum absolute atomic E-state index is 0.266. The lowest BCUT2D eigenvalue weighted by atomic mass is 10.0. The standard InChI is InChI=1S/C16H18O2S/c1-4-11(2)8-9-12-6-5-7-14-13(12)10-15(19-14)16(17)18-3/h5-11H,4H2,1-3H3/b9-8+. The number of allylic oxidation sites excluding steroid dienone is 1. The summed E-state index contributed by atoms with van der Waals surface area (Å²) in [5.74, 6) is 0.298. The predicted octanol–water partition coefficient (Wildman–Crippen LogP) is 4.75. The summed E-state index contributed by atoms with van der Waals surface area (Å²) in [6, 6.07) is 8.06. The van der Waals surface area contributed by atoms with E-state index in [9.17, 15) is 4.79 Å². The summed E-state index contributed by atoms with van der Waals surface area (Å²) in [7, 11) is 1.41. The van der Waals surface area contributed by atoms with Gasteiger partial charge in [-0.05, 0) is 23.6 Å². The van der Waals surface area contributed by atoms with Gasteiger partial charge in [-0.15, -0.1) is 11.3 Å². The molecule has 0 aliphatic rings. The van der Waals surface area contributed by atoms with Gasteiger partial charge in [-0.3, -0.25) is 0 Å². The average molecular weight is 274 g/mol. The summed E-state index contributed by atoms with van der Waals surface area (Å²) < 4.78 is 5.89. The van der Waals surface area contributed by atoms with Gasteiger partial charge < -0.3 is 4.74 Å². The van der Waals surface area contributed by atoms with E-state index in [0.29, 0.717) is 10.8 Å². The zero-order chi connectivity index (χ0) is 13.8. The summed E-state index contributed by atoms with van der Waals surface area (Å²) in [5.41, 5.74) is 1.16. The first kappa shape index (κ1) is 13.8. The third kappa shape index (κ3) is 3.04. The summed E-state index contributed by atoms with van der Waals surface area (Å²) in [5, 5.41) is 1.12. The van der Waals surface area contributed by atoms with Gasteiger partial charge in [-0.1, -0.05) is 44.6 Å². The third-order valence-corrected chi connectivity index (χ3v) is 4.31. The quantitative estimate of drug-likeness (QED) is 0.752. The molecule has 1 atom stereocenters. The summed E-state index contributed by atoms with van der Waals surface area (Å²) in [4.78, 5) is 12.2. The topological polar surface area (TPSA) is 26.3 Å². The molecular formula is C16H18O2S. The van der Waals surface area contributed by atoms with Gasteiger partial charge in [0.1, 0.15) is 4.88 Å². The number of esters is 1. The molecule has 1 aromatic heterocycles. The molecule has 3 heteroatoms. The average Bonchev–Trinajstić information content (AvgIpc) is 2.88. The van der Waals surface area contributed by atoms with Crippen molar-refractivity contribution in [1.82, 2.24) is 0 Å². The highest BCUT2D eigenvalue weighted by Crippen LogP contribution is 2.29. The number of carbonyl (C=O) groups is 1. The molecule has 0 aliphatic carbocycles. The van der Waals surface area contributed by atoms with Crippen molar-refractivity contribution in [3.63, 3.8) is 0 Å². The molecule has 0 bridgehead atoms. The summed E-state index contributed by atoms with van der Waals surface area (Å²) in [6.07, 6.45) is 5.48. The van der Waals surface area contributed by atoms with Gasteiger partial charge in [0.05, 0.1) is 7.11 Å². The summed E-state index contributed by atoms with van der Waals surface area (Å²) >= 11 is 1.48. The second-order valence-corrected chi connectivity index (χ2v) is 5.69. The van der Waals surface area contributed by atoms with Gasteiger partial charge in [0.25, 0.3) is 0 Å². The lowest BCUT2D eigenvalue weighted by molar-refractivity contribution is 0.0606. The number of methoxy groups -OCH3 is 1. The van der Waals surface area contributed by atoms with Crippen LogP contribution < -0.4 is 0 Å². The molecular weight excluding hydrogens is 256 g/mol. The molecule has 0 fully saturated rings. The Bertz CT molecular complexity index is 610. The molecule has 0 saturated heterocycles. The second-order valence-electron chi connectivity index (χ2n) is 4.61. The van der Waals surface area contributed by atoms with Crippen LogP contribution in [0.5, 0.6) is 0 Å². The maximum absolute atomic E-state index is 11.6. The van der Waals surface area contributed by atoms with E-state index in [4.69, 9.17) is 4.74 Å². The van der Waals surface area contributed by atoms with Crippen LogP contribution in [0, 0.1) is 5.92 Å². The molecule has 0 spiro atoms. The Labute approximate surface area is 117 Å². The van der Waals surface area contributed by atoms with Crippen LogP contribution in [0.3, 0.4) is 0 Å². The van der Waals surface area contributed by atoms with Crippen LogP contribution in [0.1, 0.15) is 35.5 Å². The van der Waals surface area contributed by atoms with Crippen LogP contribution in [-0.4, -0.2) is 13.1 Å². The van der Waals surface area contributed by atoms with Crippen molar-refractivity contribution >= 4 is 33.5 Å². The van der Waals surface area contributed by atoms with Gasteiger partial charge >= 0.3 is 5.97 Å². The Morgan fingerprint density at radius 1 is 1.47 bits per heavy atom. The van der Waals surface area contributed by atoms with Crippen molar-refractivity contribution in [2.75, 3.05) is 7.11 Å². The van der Waals surface area contributed by atoms with Crippen molar-refractivity contribution in [3.8, 4) is 0 Å². The van der Waals surface area contributed by atoms with E-state index < -0.39 is 0 Å². The first-order chi connectivity index (χ1) is 9.15. The van der Waals surface area contributed by atoms with Crippen molar-refractivity contribution in [3.05, 3.63) is 40.8 Å². The minimum atomic E-state index is -0.266. The molecule has 0 amide bonds. The molecule has 19 heavy (non-hydrogen) atoms. The predicted molar refractivity (Wildman–Crippen MR) is 81.7 cm³/mol. The largest absolute Gasteiger partial charge is 0.465 e. The van der Waals surface area contributed by atoms with Crippen molar-refractivity contribution in [1.29, 1.82) is 0 Å². The molecule has 2 aromatic rings. The first-order valence-electron chi connectivity index (χ1n) is 6.44. The number of benzene rings is 1. The Morgan fingerprint density at radius 2 is 2.26 bits per heavy atom. The molecule has 100 valence electrons. The van der Waals surface area contributed by atoms with Gasteiger partial charge in [-0.2, -0.15) is 0 Å². The van der Waals surface area contributed by atoms with Crippen LogP contribution in [0.2, 0.25) is 0 Å². The monoisotopic (exact) mass is 274 g/mol. The number of rotatable bonds is 4. The van der Waals surface area contributed by atoms with Crippen LogP contribution in [0.4, 0.5) is 0 Å². The van der Waals surface area contributed by atoms with Gasteiger partial charge in [0, 0.05) is 10.1 Å². The van der Waals surface area contributed by atoms with Crippen molar-refractivity contribution in [2.45, 2.75) is 20.3 Å². The normalized spacial score (nSPS) is 13.0. The Kier molecular flexibility index (Phi) is 4.38. The lowest BCUT2D eigenvalue weighted by Crippen LogP contribution is -1.96. The first-order valence-corrected chi connectivity index (χ1v) is 7.26. The van der Waals surface area contributed by atoms with Crippen LogP contribution >= 0.6 is 11.3 Å². The fourth-order valence-corrected chi connectivity index (χ4v) is 2.85. The number of ether oxygens (including phenoxy) is 1. The number of thiophene rings is 1. The maximum atomic E-state index is 11.6. The van der Waals surface area contributed by atoms with Crippen LogP contribution in [0.25, 0.3) is 16.2 Å². The fraction of sp³-hybridized carbons (Fsp3) is 0.312. The third-order valence-electron chi connectivity index (χ3n) is 3.23. The van der Waals surface area contributed by atoms with E-state index in [1.807, 2.05) is 18.2 Å². The maximum Gasteiger partial charge on any atom is 0.348 e. The molecule has 1 unspecified atom stereocenters. The number of carbonyl (C=O) groups excluding carboxylic acids is 1. The smallest absolute Gasteiger partial charge is 0.348 e. The minimum Gasteiger partial charge on any atom is -0.465 e. The van der Waals surface area contributed by atoms with Gasteiger partial charge in [0.15, 0.2) is 0 Å². The van der Waals surface area contributed by atoms with Crippen molar-refractivity contribution < 1.29 is 9.53 Å². The van der Waals surface area contributed by atoms with E-state index in [2.05, 4.69) is 32.1 Å². The molecule has 1 heterocycles. The van der Waals surface area contributed by atoms with E-state index in [0.717, 1.165) is 22.1 Å². The molecule has 2 nitrogen and oxygen atoms in total. The van der Waals surface area contributed by atoms with Gasteiger partial charge in [-0.25, -0.2) is 4.79 Å². The molecule has 2 rings (SSSR count). The zero-order valence-corrected chi connectivity index (χ0v) is 12.3. The fourth-order valence-electron chi connectivity index (χ4n) is 1.83. The van der Waals surface area contributed by atoms with Crippen LogP contribution in [-0.2, 0) is 4.74 Å². The molecule has 0 N–H and O–H groups in total. The van der Waals surface area contributed by atoms with Crippen molar-refractivity contribution in [2.24, 2.45) is 5.92 Å². The van der Waals surface area contributed by atoms with E-state index in [1.54, 1.807) is 0 Å². The van der Waals surface area contributed by atoms with E-state index in [1.165, 1.54) is 18.4 Å². The highest BCUT2D eigenvalue weighted by atomic mass is 32.1. The zero-order valence-electron chi connectivity index (χ0n) is 11.5.